The third-order valence-electron chi connectivity index (χ3n) is 4.63. The molecule has 1 aliphatic rings. The van der Waals surface area contributed by atoms with E-state index in [9.17, 15) is 0 Å². The average Bonchev–Trinajstić information content (AvgIpc) is 2.55. The molecule has 2 heteroatoms. The van der Waals surface area contributed by atoms with Gasteiger partial charge >= 0.3 is 0 Å². The molecule has 1 atom stereocenters. The molecule has 0 aromatic carbocycles. The molecule has 0 spiro atoms. The summed E-state index contributed by atoms with van der Waals surface area (Å²) in [7, 11) is 0. The quantitative estimate of drug-likeness (QED) is 0.653. The molecule has 18 heavy (non-hydrogen) atoms. The van der Waals surface area contributed by atoms with Crippen molar-refractivity contribution in [3.63, 3.8) is 0 Å². The molecular formula is C16H33NS. The minimum atomic E-state index is 0.464. The maximum absolute atomic E-state index is 4.70. The Labute approximate surface area is 120 Å². The summed E-state index contributed by atoms with van der Waals surface area (Å²) < 4.78 is 0. The van der Waals surface area contributed by atoms with E-state index in [1.54, 1.807) is 0 Å². The van der Waals surface area contributed by atoms with Gasteiger partial charge in [0.15, 0.2) is 0 Å². The van der Waals surface area contributed by atoms with E-state index in [0.29, 0.717) is 5.41 Å². The van der Waals surface area contributed by atoms with E-state index in [4.69, 9.17) is 12.6 Å². The predicted molar refractivity (Wildman–Crippen MR) is 85.6 cm³/mol. The predicted octanol–water partition coefficient (Wildman–Crippen LogP) is 4.77. The van der Waals surface area contributed by atoms with Gasteiger partial charge in [-0.05, 0) is 50.3 Å². The van der Waals surface area contributed by atoms with E-state index in [-0.39, 0.29) is 0 Å². The fourth-order valence-corrected chi connectivity index (χ4v) is 3.97. The van der Waals surface area contributed by atoms with Gasteiger partial charge in [-0.2, -0.15) is 12.6 Å². The Morgan fingerprint density at radius 1 is 1.11 bits per heavy atom. The summed E-state index contributed by atoms with van der Waals surface area (Å²) in [6.45, 7) is 9.65. The van der Waals surface area contributed by atoms with Crippen molar-refractivity contribution in [1.29, 1.82) is 0 Å². The van der Waals surface area contributed by atoms with E-state index in [1.165, 1.54) is 64.5 Å². The monoisotopic (exact) mass is 271 g/mol. The molecule has 0 bridgehead atoms. The average molecular weight is 272 g/mol. The molecule has 1 heterocycles. The highest BCUT2D eigenvalue weighted by atomic mass is 32.1. The van der Waals surface area contributed by atoms with E-state index in [2.05, 4.69) is 25.7 Å². The standard InChI is InChI=1S/C16H33NS/c1-4-10-16(14-18,11-5-2)13-17-12-8-6-7-9-15(17)3/h15,18H,4-14H2,1-3H3. The van der Waals surface area contributed by atoms with Crippen molar-refractivity contribution in [2.24, 2.45) is 5.41 Å². The second kappa shape index (κ2) is 8.47. The van der Waals surface area contributed by atoms with Crippen LogP contribution in [0.1, 0.15) is 72.1 Å². The summed E-state index contributed by atoms with van der Waals surface area (Å²) in [5.41, 5.74) is 0.464. The van der Waals surface area contributed by atoms with Crippen LogP contribution in [0.15, 0.2) is 0 Å². The SMILES string of the molecule is CCCC(CS)(CCC)CN1CCCCCC1C. The van der Waals surface area contributed by atoms with Gasteiger partial charge in [0.05, 0.1) is 0 Å². The minimum Gasteiger partial charge on any atom is -0.300 e. The van der Waals surface area contributed by atoms with Crippen molar-refractivity contribution in [1.82, 2.24) is 4.90 Å². The van der Waals surface area contributed by atoms with Gasteiger partial charge in [0.25, 0.3) is 0 Å². The molecule has 0 aliphatic carbocycles. The zero-order valence-corrected chi connectivity index (χ0v) is 13.6. The zero-order chi connectivity index (χ0) is 13.4. The number of hydrogen-bond acceptors (Lipinski definition) is 2. The maximum atomic E-state index is 4.70. The molecular weight excluding hydrogens is 238 g/mol. The summed E-state index contributed by atoms with van der Waals surface area (Å²) >= 11 is 4.70. The summed E-state index contributed by atoms with van der Waals surface area (Å²) in [6, 6.07) is 0.778. The Balaban J connectivity index is 2.67. The highest BCUT2D eigenvalue weighted by Gasteiger charge is 2.31. The van der Waals surface area contributed by atoms with Crippen molar-refractivity contribution in [2.45, 2.75) is 78.2 Å². The molecule has 0 amide bonds. The Bertz CT molecular complexity index is 211. The van der Waals surface area contributed by atoms with Crippen LogP contribution < -0.4 is 0 Å². The first kappa shape index (κ1) is 16.4. The normalized spacial score (nSPS) is 23.0. The second-order valence-electron chi connectivity index (χ2n) is 6.33. The lowest BCUT2D eigenvalue weighted by molar-refractivity contribution is 0.116. The van der Waals surface area contributed by atoms with Crippen LogP contribution in [0, 0.1) is 5.41 Å². The lowest BCUT2D eigenvalue weighted by atomic mass is 9.80. The van der Waals surface area contributed by atoms with Gasteiger partial charge in [0.2, 0.25) is 0 Å². The van der Waals surface area contributed by atoms with Gasteiger partial charge in [0.1, 0.15) is 0 Å². The fraction of sp³-hybridized carbons (Fsp3) is 1.00. The van der Waals surface area contributed by atoms with Crippen LogP contribution >= 0.6 is 12.6 Å². The van der Waals surface area contributed by atoms with E-state index < -0.39 is 0 Å². The first-order valence-electron chi connectivity index (χ1n) is 8.02. The second-order valence-corrected chi connectivity index (χ2v) is 6.64. The van der Waals surface area contributed by atoms with Gasteiger partial charge in [0, 0.05) is 12.6 Å². The van der Waals surface area contributed by atoms with Crippen molar-refractivity contribution >= 4 is 12.6 Å². The Morgan fingerprint density at radius 2 is 1.78 bits per heavy atom. The molecule has 1 aliphatic heterocycles. The molecule has 0 aromatic heterocycles. The number of hydrogen-bond donors (Lipinski definition) is 1. The third kappa shape index (κ3) is 4.77. The van der Waals surface area contributed by atoms with Gasteiger partial charge in [-0.1, -0.05) is 39.5 Å². The number of likely N-dealkylation sites (tertiary alicyclic amines) is 1. The molecule has 1 unspecified atom stereocenters. The number of rotatable bonds is 7. The van der Waals surface area contributed by atoms with Crippen LogP contribution in [0.2, 0.25) is 0 Å². The summed E-state index contributed by atoms with van der Waals surface area (Å²) in [6.07, 6.45) is 10.9. The molecule has 1 fully saturated rings. The van der Waals surface area contributed by atoms with E-state index >= 15 is 0 Å². The first-order chi connectivity index (χ1) is 8.67. The summed E-state index contributed by atoms with van der Waals surface area (Å²) in [4.78, 5) is 2.76. The van der Waals surface area contributed by atoms with Gasteiger partial charge in [-0.3, -0.25) is 0 Å². The van der Waals surface area contributed by atoms with Crippen LogP contribution in [0.5, 0.6) is 0 Å². The first-order valence-corrected chi connectivity index (χ1v) is 8.65. The Morgan fingerprint density at radius 3 is 2.33 bits per heavy atom. The molecule has 1 nitrogen and oxygen atoms in total. The summed E-state index contributed by atoms with van der Waals surface area (Å²) in [5, 5.41) is 0. The highest BCUT2D eigenvalue weighted by molar-refractivity contribution is 7.80. The van der Waals surface area contributed by atoms with Crippen LogP contribution in [0.3, 0.4) is 0 Å². The smallest absolute Gasteiger partial charge is 0.00671 e. The van der Waals surface area contributed by atoms with Crippen molar-refractivity contribution in [2.75, 3.05) is 18.8 Å². The topological polar surface area (TPSA) is 3.24 Å². The van der Waals surface area contributed by atoms with Crippen molar-refractivity contribution in [3.8, 4) is 0 Å². The maximum Gasteiger partial charge on any atom is 0.00671 e. The van der Waals surface area contributed by atoms with Gasteiger partial charge < -0.3 is 4.90 Å². The Hall–Kier alpha value is 0.310. The zero-order valence-electron chi connectivity index (χ0n) is 12.7. The minimum absolute atomic E-state index is 0.464. The highest BCUT2D eigenvalue weighted by Crippen LogP contribution is 2.34. The molecule has 0 aromatic rings. The van der Waals surface area contributed by atoms with Crippen LogP contribution in [-0.4, -0.2) is 29.8 Å². The molecule has 108 valence electrons. The fourth-order valence-electron chi connectivity index (χ4n) is 3.55. The summed E-state index contributed by atoms with van der Waals surface area (Å²) in [5.74, 6) is 1.05. The van der Waals surface area contributed by atoms with E-state index in [0.717, 1.165) is 11.8 Å². The van der Waals surface area contributed by atoms with Crippen LogP contribution in [-0.2, 0) is 0 Å². The molecule has 1 rings (SSSR count). The van der Waals surface area contributed by atoms with Crippen LogP contribution in [0.4, 0.5) is 0 Å². The van der Waals surface area contributed by atoms with Crippen LogP contribution in [0.25, 0.3) is 0 Å². The lowest BCUT2D eigenvalue weighted by Crippen LogP contribution is -2.43. The van der Waals surface area contributed by atoms with Crippen molar-refractivity contribution < 1.29 is 0 Å². The number of nitrogens with zero attached hydrogens (tertiary/aromatic N) is 1. The third-order valence-corrected chi connectivity index (χ3v) is 5.30. The number of thiol groups is 1. The van der Waals surface area contributed by atoms with Gasteiger partial charge in [-0.15, -0.1) is 0 Å². The van der Waals surface area contributed by atoms with Gasteiger partial charge in [-0.25, -0.2) is 0 Å². The largest absolute Gasteiger partial charge is 0.300 e. The van der Waals surface area contributed by atoms with E-state index in [1.807, 2.05) is 0 Å². The molecule has 1 saturated heterocycles. The molecule has 0 radical (unpaired) electrons. The molecule has 0 N–H and O–H groups in total. The Kier molecular flexibility index (Phi) is 7.70. The molecule has 0 saturated carbocycles. The van der Waals surface area contributed by atoms with Crippen molar-refractivity contribution in [3.05, 3.63) is 0 Å². The lowest BCUT2D eigenvalue weighted by Gasteiger charge is -2.39.